The van der Waals surface area contributed by atoms with Crippen molar-refractivity contribution in [3.05, 3.63) is 158 Å². The molecule has 0 aliphatic carbocycles. The van der Waals surface area contributed by atoms with Crippen LogP contribution in [0.5, 0.6) is 0 Å². The molecular formula is C56H84NO7+. The van der Waals surface area contributed by atoms with Gasteiger partial charge >= 0.3 is 17.9 Å². The second-order valence-corrected chi connectivity index (χ2v) is 16.0. The van der Waals surface area contributed by atoms with E-state index in [-0.39, 0.29) is 49.1 Å². The number of hydrogen-bond donors (Lipinski definition) is 1. The molecule has 0 aliphatic rings. The quantitative estimate of drug-likeness (QED) is 0.0216. The molecule has 0 saturated heterocycles. The highest BCUT2D eigenvalue weighted by atomic mass is 16.6. The average molecular weight is 883 g/mol. The fourth-order valence-electron chi connectivity index (χ4n) is 5.76. The second-order valence-electron chi connectivity index (χ2n) is 16.0. The van der Waals surface area contributed by atoms with E-state index >= 15 is 0 Å². The predicted octanol–water partition coefficient (Wildman–Crippen LogP) is 13.5. The Bertz CT molecular complexity index is 1590. The highest BCUT2D eigenvalue weighted by Crippen LogP contribution is 2.11. The third kappa shape index (κ3) is 42.3. The molecule has 0 amide bonds. The van der Waals surface area contributed by atoms with Crippen molar-refractivity contribution >= 4 is 17.9 Å². The van der Waals surface area contributed by atoms with E-state index in [0.717, 1.165) is 77.0 Å². The topological polar surface area (TPSA) is 99.1 Å². The number of ether oxygens (including phenoxy) is 3. The zero-order valence-corrected chi connectivity index (χ0v) is 40.2. The van der Waals surface area contributed by atoms with Gasteiger partial charge in [0.1, 0.15) is 6.61 Å². The Morgan fingerprint density at radius 2 is 0.922 bits per heavy atom. The van der Waals surface area contributed by atoms with Crippen LogP contribution in [0.1, 0.15) is 123 Å². The Morgan fingerprint density at radius 3 is 1.41 bits per heavy atom. The largest absolute Gasteiger partial charge is 0.477 e. The summed E-state index contributed by atoms with van der Waals surface area (Å²) in [4.78, 5) is 37.1. The van der Waals surface area contributed by atoms with Crippen LogP contribution in [0.25, 0.3) is 0 Å². The van der Waals surface area contributed by atoms with Crippen molar-refractivity contribution < 1.29 is 38.2 Å². The van der Waals surface area contributed by atoms with Gasteiger partial charge in [0.2, 0.25) is 0 Å². The Morgan fingerprint density at radius 1 is 0.484 bits per heavy atom. The van der Waals surface area contributed by atoms with E-state index in [1.165, 1.54) is 0 Å². The van der Waals surface area contributed by atoms with Crippen LogP contribution in [0.3, 0.4) is 0 Å². The Hall–Kier alpha value is -5.05. The fourth-order valence-corrected chi connectivity index (χ4v) is 5.76. The first kappa shape index (κ1) is 58.9. The summed E-state index contributed by atoms with van der Waals surface area (Å²) in [5, 5.41) is 9.64. The van der Waals surface area contributed by atoms with Gasteiger partial charge in [-0.1, -0.05) is 178 Å². The van der Waals surface area contributed by atoms with Crippen molar-refractivity contribution in [3.8, 4) is 0 Å². The molecule has 8 heteroatoms. The standard InChI is InChI=1S/C56H83NO7/c1-6-8-10-12-14-16-18-20-22-24-25-26-27-28-29-31-33-35-37-39-41-43-45-47-55(59)64-52(50-62-49-48-53(56(60)61)57(3,4)5)51-63-54(58)46-44-42-40-38-36-34-32-30-23-21-19-17-15-13-11-9-7-2/h8-11,13-17,19-23,25-26,28-30,32-36,39,41,52-53H,6-7,12,18,24,27,31,37-38,40,42-51H2,1-5H3/p+1/b10-8+,11-9+,15-13+,16-14+,19-17+,22-20+,23-21+,26-25+,29-28+,32-30+,35-33+,36-34+,41-39+. The van der Waals surface area contributed by atoms with Gasteiger partial charge in [0.15, 0.2) is 12.1 Å². The molecule has 2 atom stereocenters. The summed E-state index contributed by atoms with van der Waals surface area (Å²) < 4.78 is 17.2. The number of nitrogens with zero attached hydrogens (tertiary/aromatic N) is 1. The molecule has 0 bridgehead atoms. The number of unbranched alkanes of at least 4 members (excludes halogenated alkanes) is 4. The number of esters is 2. The molecule has 0 fully saturated rings. The molecule has 1 N–H and O–H groups in total. The number of carboxylic acid groups (broad SMARTS) is 1. The molecule has 0 heterocycles. The minimum absolute atomic E-state index is 0.00984. The number of carbonyl (C=O) groups is 3. The average Bonchev–Trinajstić information content (AvgIpc) is 3.26. The molecule has 0 rings (SSSR count). The molecule has 0 spiro atoms. The highest BCUT2D eigenvalue weighted by molar-refractivity contribution is 5.72. The molecule has 354 valence electrons. The van der Waals surface area contributed by atoms with E-state index < -0.39 is 18.1 Å². The first-order chi connectivity index (χ1) is 31.1. The van der Waals surface area contributed by atoms with E-state index in [2.05, 4.69) is 111 Å². The van der Waals surface area contributed by atoms with Crippen LogP contribution < -0.4 is 0 Å². The molecule has 0 aliphatic heterocycles. The number of carboxylic acids is 1. The Balaban J connectivity index is 4.54. The third-order valence-corrected chi connectivity index (χ3v) is 9.33. The summed E-state index contributed by atoms with van der Waals surface area (Å²) in [7, 11) is 5.47. The smallest absolute Gasteiger partial charge is 0.362 e. The first-order valence-electron chi connectivity index (χ1n) is 23.6. The van der Waals surface area contributed by atoms with Gasteiger partial charge in [-0.05, 0) is 83.5 Å². The fraction of sp³-hybridized carbons (Fsp3) is 0.482. The monoisotopic (exact) mass is 883 g/mol. The predicted molar refractivity (Wildman–Crippen MR) is 270 cm³/mol. The van der Waals surface area contributed by atoms with Crippen LogP contribution in [-0.4, -0.2) is 80.6 Å². The maximum Gasteiger partial charge on any atom is 0.362 e. The lowest BCUT2D eigenvalue weighted by Gasteiger charge is -2.31. The summed E-state index contributed by atoms with van der Waals surface area (Å²) >= 11 is 0. The van der Waals surface area contributed by atoms with Gasteiger partial charge in [0.25, 0.3) is 0 Å². The number of carbonyl (C=O) groups excluding carboxylic acids is 2. The maximum absolute atomic E-state index is 12.8. The SMILES string of the molecule is CC/C=C/C=C/C=C/C=C/C=C/C=C/CCCCCC(=O)OCC(COCCC(C(=O)O)[N+](C)(C)C)OC(=O)CCC/C=C/C/C=C/C/C=C/C/C=C/C/C=C/C/C=C/C/C=C/CC. The van der Waals surface area contributed by atoms with Crippen molar-refractivity contribution in [3.63, 3.8) is 0 Å². The Labute approximate surface area is 388 Å². The lowest BCUT2D eigenvalue weighted by Crippen LogP contribution is -2.50. The maximum atomic E-state index is 12.8. The van der Waals surface area contributed by atoms with Crippen LogP contribution in [0.4, 0.5) is 0 Å². The zero-order chi connectivity index (χ0) is 47.0. The van der Waals surface area contributed by atoms with Gasteiger partial charge in [0, 0.05) is 19.3 Å². The van der Waals surface area contributed by atoms with Gasteiger partial charge in [-0.15, -0.1) is 0 Å². The number of allylic oxidation sites excluding steroid dienone is 26. The number of quaternary nitrogens is 1. The molecule has 8 nitrogen and oxygen atoms in total. The highest BCUT2D eigenvalue weighted by Gasteiger charge is 2.31. The van der Waals surface area contributed by atoms with Crippen molar-refractivity contribution in [2.24, 2.45) is 0 Å². The van der Waals surface area contributed by atoms with Crippen LogP contribution in [-0.2, 0) is 28.6 Å². The number of hydrogen-bond acceptors (Lipinski definition) is 6. The van der Waals surface area contributed by atoms with Gasteiger partial charge in [-0.2, -0.15) is 0 Å². The van der Waals surface area contributed by atoms with E-state index in [1.807, 2.05) is 81.9 Å². The number of aliphatic carboxylic acids is 1. The van der Waals surface area contributed by atoms with Crippen LogP contribution in [0.15, 0.2) is 158 Å². The van der Waals surface area contributed by atoms with Crippen LogP contribution in [0.2, 0.25) is 0 Å². The molecule has 0 aromatic heterocycles. The van der Waals surface area contributed by atoms with Gasteiger partial charge < -0.3 is 23.8 Å². The van der Waals surface area contributed by atoms with Gasteiger partial charge in [-0.25, -0.2) is 4.79 Å². The van der Waals surface area contributed by atoms with Crippen molar-refractivity contribution in [1.82, 2.24) is 0 Å². The summed E-state index contributed by atoms with van der Waals surface area (Å²) in [6, 6.07) is -0.644. The van der Waals surface area contributed by atoms with E-state index in [1.54, 1.807) is 0 Å². The van der Waals surface area contributed by atoms with Crippen molar-refractivity contribution in [2.75, 3.05) is 41.0 Å². The minimum Gasteiger partial charge on any atom is -0.477 e. The van der Waals surface area contributed by atoms with Crippen molar-refractivity contribution in [1.29, 1.82) is 0 Å². The minimum atomic E-state index is -0.899. The summed E-state index contributed by atoms with van der Waals surface area (Å²) in [6.45, 7) is 4.33. The summed E-state index contributed by atoms with van der Waals surface area (Å²) in [6.07, 6.45) is 67.3. The second kappa shape index (κ2) is 44.6. The van der Waals surface area contributed by atoms with Gasteiger partial charge in [0.05, 0.1) is 34.4 Å². The van der Waals surface area contributed by atoms with E-state index in [9.17, 15) is 19.5 Å². The molecule has 0 saturated carbocycles. The molecular weight excluding hydrogens is 799 g/mol. The van der Waals surface area contributed by atoms with Crippen molar-refractivity contribution in [2.45, 2.75) is 135 Å². The molecule has 2 unspecified atom stereocenters. The molecule has 0 radical (unpaired) electrons. The van der Waals surface area contributed by atoms with Gasteiger partial charge in [-0.3, -0.25) is 9.59 Å². The third-order valence-electron chi connectivity index (χ3n) is 9.33. The number of rotatable bonds is 39. The number of likely N-dealkylation sites (N-methyl/N-ethyl adjacent to an activating group) is 1. The van der Waals surface area contributed by atoms with E-state index in [0.29, 0.717) is 19.3 Å². The summed E-state index contributed by atoms with van der Waals surface area (Å²) in [5.41, 5.74) is 0. The lowest BCUT2D eigenvalue weighted by molar-refractivity contribution is -0.887. The van der Waals surface area contributed by atoms with Crippen LogP contribution >= 0.6 is 0 Å². The normalized spacial score (nSPS) is 14.3. The van der Waals surface area contributed by atoms with E-state index in [4.69, 9.17) is 14.2 Å². The zero-order valence-electron chi connectivity index (χ0n) is 40.2. The molecule has 0 aromatic carbocycles. The Kier molecular flexibility index (Phi) is 41.0. The molecule has 64 heavy (non-hydrogen) atoms. The lowest BCUT2D eigenvalue weighted by atomic mass is 10.1. The molecule has 0 aromatic rings. The summed E-state index contributed by atoms with van der Waals surface area (Å²) in [5.74, 6) is -1.63. The van der Waals surface area contributed by atoms with Crippen LogP contribution in [0, 0.1) is 0 Å². The first-order valence-corrected chi connectivity index (χ1v) is 23.6.